The molecule has 3 rings (SSSR count). The topological polar surface area (TPSA) is 81.1 Å². The van der Waals surface area contributed by atoms with Crippen molar-refractivity contribution in [2.75, 3.05) is 5.43 Å². The van der Waals surface area contributed by atoms with E-state index in [1.807, 2.05) is 6.92 Å². The predicted molar refractivity (Wildman–Crippen MR) is 84.3 cm³/mol. The Kier molecular flexibility index (Phi) is 4.33. The molecule has 2 heterocycles. The molecule has 6 nitrogen and oxygen atoms in total. The van der Waals surface area contributed by atoms with Crippen molar-refractivity contribution in [1.82, 2.24) is 19.6 Å². The normalized spacial score (nSPS) is 11.9. The van der Waals surface area contributed by atoms with Crippen LogP contribution in [0.5, 0.6) is 0 Å². The number of rotatable bonds is 4. The van der Waals surface area contributed by atoms with Gasteiger partial charge in [-0.1, -0.05) is 23.9 Å². The summed E-state index contributed by atoms with van der Waals surface area (Å²) in [4.78, 5) is 8.54. The number of aromatic nitrogens is 4. The van der Waals surface area contributed by atoms with E-state index in [2.05, 4.69) is 20.5 Å². The molecular weight excluding hydrogens is 341 g/mol. The Morgan fingerprint density at radius 2 is 1.92 bits per heavy atom. The molecule has 0 aliphatic rings. The fraction of sp³-hybridized carbons (Fsp3) is 0.214. The van der Waals surface area contributed by atoms with Gasteiger partial charge in [-0.2, -0.15) is 22.7 Å². The number of anilines is 1. The maximum atomic E-state index is 12.5. The number of benzene rings is 1. The molecule has 2 aromatic heterocycles. The SMILES string of the molecule is Cc1cc(NN)n2nc(SCc3ccc(C(F)(F)F)cc3)nc2n1. The van der Waals surface area contributed by atoms with E-state index in [1.165, 1.54) is 28.4 Å². The van der Waals surface area contributed by atoms with Gasteiger partial charge in [0.2, 0.25) is 5.16 Å². The van der Waals surface area contributed by atoms with Gasteiger partial charge in [-0.15, -0.1) is 5.10 Å². The Balaban J connectivity index is 1.76. The lowest BCUT2D eigenvalue weighted by atomic mass is 10.1. The number of hydrazine groups is 1. The fourth-order valence-electron chi connectivity index (χ4n) is 2.07. The lowest BCUT2D eigenvalue weighted by molar-refractivity contribution is -0.137. The van der Waals surface area contributed by atoms with E-state index in [1.54, 1.807) is 6.07 Å². The standard InChI is InChI=1S/C14H13F3N6S/c1-8-6-11(21-18)23-12(19-8)20-13(22-23)24-7-9-2-4-10(5-3-9)14(15,16)17/h2-6,21H,7,18H2,1H3. The van der Waals surface area contributed by atoms with Crippen molar-refractivity contribution in [2.45, 2.75) is 24.0 Å². The van der Waals surface area contributed by atoms with Crippen LogP contribution < -0.4 is 11.3 Å². The second-order valence-electron chi connectivity index (χ2n) is 5.02. The van der Waals surface area contributed by atoms with Gasteiger partial charge in [0.25, 0.3) is 5.78 Å². The van der Waals surface area contributed by atoms with E-state index in [0.717, 1.165) is 23.4 Å². The van der Waals surface area contributed by atoms with E-state index in [4.69, 9.17) is 5.84 Å². The van der Waals surface area contributed by atoms with E-state index in [-0.39, 0.29) is 0 Å². The van der Waals surface area contributed by atoms with E-state index < -0.39 is 11.7 Å². The molecular formula is C14H13F3N6S. The first kappa shape index (κ1) is 16.5. The number of halogens is 3. The van der Waals surface area contributed by atoms with Crippen LogP contribution >= 0.6 is 11.8 Å². The second kappa shape index (κ2) is 6.29. The van der Waals surface area contributed by atoms with Gasteiger partial charge in [-0.25, -0.2) is 10.8 Å². The Labute approximate surface area is 139 Å². The van der Waals surface area contributed by atoms with Crippen LogP contribution in [0, 0.1) is 6.92 Å². The van der Waals surface area contributed by atoms with Crippen LogP contribution in [0.1, 0.15) is 16.8 Å². The summed E-state index contributed by atoms with van der Waals surface area (Å²) in [6.07, 6.45) is -4.33. The number of fused-ring (bicyclic) bond motifs is 1. The number of hydrogen-bond acceptors (Lipinski definition) is 6. The van der Waals surface area contributed by atoms with Crippen LogP contribution in [0.4, 0.5) is 19.0 Å². The molecule has 10 heteroatoms. The van der Waals surface area contributed by atoms with Gasteiger partial charge >= 0.3 is 6.18 Å². The lowest BCUT2D eigenvalue weighted by Gasteiger charge is -2.06. The molecule has 1 aromatic carbocycles. The second-order valence-corrected chi connectivity index (χ2v) is 5.96. The Bertz CT molecular complexity index is 859. The molecule has 0 unspecified atom stereocenters. The first-order valence-corrected chi connectivity index (χ1v) is 7.85. The molecule has 3 N–H and O–H groups in total. The third kappa shape index (κ3) is 3.44. The van der Waals surface area contributed by atoms with Crippen molar-refractivity contribution in [1.29, 1.82) is 0 Å². The van der Waals surface area contributed by atoms with E-state index >= 15 is 0 Å². The Morgan fingerprint density at radius 3 is 2.54 bits per heavy atom. The van der Waals surface area contributed by atoms with Crippen molar-refractivity contribution in [2.24, 2.45) is 5.84 Å². The van der Waals surface area contributed by atoms with Gasteiger partial charge < -0.3 is 5.43 Å². The van der Waals surface area contributed by atoms with Crippen LogP contribution in [0.15, 0.2) is 35.5 Å². The number of thioether (sulfide) groups is 1. The van der Waals surface area contributed by atoms with Crippen molar-refractivity contribution in [3.8, 4) is 0 Å². The van der Waals surface area contributed by atoms with Crippen molar-refractivity contribution in [3.05, 3.63) is 47.2 Å². The molecule has 0 bridgehead atoms. The van der Waals surface area contributed by atoms with Crippen molar-refractivity contribution in [3.63, 3.8) is 0 Å². The molecule has 0 aliphatic carbocycles. The average molecular weight is 354 g/mol. The molecule has 0 spiro atoms. The van der Waals surface area contributed by atoms with Crippen LogP contribution in [-0.4, -0.2) is 19.6 Å². The van der Waals surface area contributed by atoms with Crippen molar-refractivity contribution >= 4 is 23.4 Å². The smallest absolute Gasteiger partial charge is 0.308 e. The molecule has 0 aliphatic heterocycles. The van der Waals surface area contributed by atoms with Crippen LogP contribution in [-0.2, 0) is 11.9 Å². The van der Waals surface area contributed by atoms with E-state index in [0.29, 0.717) is 22.5 Å². The third-order valence-corrected chi connectivity index (χ3v) is 4.13. The minimum absolute atomic E-state index is 0.401. The zero-order valence-corrected chi connectivity index (χ0v) is 13.3. The molecule has 0 saturated heterocycles. The summed E-state index contributed by atoms with van der Waals surface area (Å²) in [5.41, 5.74) is 3.34. The first-order chi connectivity index (χ1) is 11.4. The van der Waals surface area contributed by atoms with Crippen LogP contribution in [0.2, 0.25) is 0 Å². The zero-order chi connectivity index (χ0) is 17.3. The highest BCUT2D eigenvalue weighted by Gasteiger charge is 2.29. The summed E-state index contributed by atoms with van der Waals surface area (Å²) in [5.74, 6) is 6.84. The molecule has 0 radical (unpaired) electrons. The number of nitrogens with zero attached hydrogens (tertiary/aromatic N) is 4. The third-order valence-electron chi connectivity index (χ3n) is 3.22. The highest BCUT2D eigenvalue weighted by atomic mass is 32.2. The summed E-state index contributed by atoms with van der Waals surface area (Å²) in [7, 11) is 0. The summed E-state index contributed by atoms with van der Waals surface area (Å²) >= 11 is 1.30. The van der Waals surface area contributed by atoms with Crippen LogP contribution in [0.25, 0.3) is 5.78 Å². The maximum Gasteiger partial charge on any atom is 0.416 e. The molecule has 3 aromatic rings. The van der Waals surface area contributed by atoms with Gasteiger partial charge in [0.1, 0.15) is 5.82 Å². The molecule has 0 atom stereocenters. The number of nitrogen functional groups attached to an aromatic ring is 1. The minimum atomic E-state index is -4.33. The monoisotopic (exact) mass is 354 g/mol. The summed E-state index contributed by atoms with van der Waals surface area (Å²) < 4.78 is 39.1. The first-order valence-electron chi connectivity index (χ1n) is 6.87. The predicted octanol–water partition coefficient (Wildman–Crippen LogP) is 3.03. The zero-order valence-electron chi connectivity index (χ0n) is 12.5. The maximum absolute atomic E-state index is 12.5. The lowest BCUT2D eigenvalue weighted by Crippen LogP contribution is -2.12. The number of hydrogen-bond donors (Lipinski definition) is 2. The summed E-state index contributed by atoms with van der Waals surface area (Å²) in [6, 6.07) is 6.75. The summed E-state index contributed by atoms with van der Waals surface area (Å²) in [6.45, 7) is 1.81. The number of aryl methyl sites for hydroxylation is 1. The van der Waals surface area contributed by atoms with Gasteiger partial charge in [0, 0.05) is 17.5 Å². The van der Waals surface area contributed by atoms with Gasteiger partial charge in [0.15, 0.2) is 0 Å². The largest absolute Gasteiger partial charge is 0.416 e. The highest BCUT2D eigenvalue weighted by Crippen LogP contribution is 2.30. The van der Waals surface area contributed by atoms with E-state index in [9.17, 15) is 13.2 Å². The van der Waals surface area contributed by atoms with Gasteiger partial charge in [-0.3, -0.25) is 0 Å². The Morgan fingerprint density at radius 1 is 1.21 bits per heavy atom. The molecule has 0 amide bonds. The number of nitrogens with one attached hydrogen (secondary N) is 1. The average Bonchev–Trinajstić information content (AvgIpc) is 2.94. The van der Waals surface area contributed by atoms with Gasteiger partial charge in [0.05, 0.1) is 5.56 Å². The number of nitrogens with two attached hydrogens (primary N) is 1. The quantitative estimate of drug-likeness (QED) is 0.426. The number of alkyl halides is 3. The summed E-state index contributed by atoms with van der Waals surface area (Å²) in [5, 5.41) is 4.74. The molecule has 0 fully saturated rings. The Hall–Kier alpha value is -2.33. The fourth-order valence-corrected chi connectivity index (χ4v) is 2.84. The minimum Gasteiger partial charge on any atom is -0.308 e. The molecule has 126 valence electrons. The van der Waals surface area contributed by atoms with Gasteiger partial charge in [-0.05, 0) is 24.6 Å². The van der Waals surface area contributed by atoms with Crippen molar-refractivity contribution < 1.29 is 13.2 Å². The molecule has 24 heavy (non-hydrogen) atoms. The van der Waals surface area contributed by atoms with Crippen LogP contribution in [0.3, 0.4) is 0 Å². The molecule has 0 saturated carbocycles. The highest BCUT2D eigenvalue weighted by molar-refractivity contribution is 7.98.